The van der Waals surface area contributed by atoms with Gasteiger partial charge in [-0.25, -0.2) is 4.79 Å². The summed E-state index contributed by atoms with van der Waals surface area (Å²) in [4.78, 5) is 12.2. The van der Waals surface area contributed by atoms with Crippen LogP contribution in [0.3, 0.4) is 0 Å². The quantitative estimate of drug-likeness (QED) is 0.146. The van der Waals surface area contributed by atoms with Crippen molar-refractivity contribution in [2.75, 3.05) is 40.6 Å². The molecule has 0 saturated heterocycles. The van der Waals surface area contributed by atoms with Crippen LogP contribution in [-0.4, -0.2) is 71.2 Å². The summed E-state index contributed by atoms with van der Waals surface area (Å²) in [7, 11) is 3.37. The molecular formula is C25H50O7. The monoisotopic (exact) mass is 462 g/mol. The summed E-state index contributed by atoms with van der Waals surface area (Å²) in [6.45, 7) is 9.81. The molecule has 0 aliphatic rings. The molecule has 0 heterocycles. The third-order valence-corrected chi connectivity index (χ3v) is 5.65. The average Bonchev–Trinajstić information content (AvgIpc) is 2.81. The van der Waals surface area contributed by atoms with Crippen LogP contribution < -0.4 is 0 Å². The normalized spacial score (nSPS) is 15.2. The molecule has 0 aliphatic carbocycles. The van der Waals surface area contributed by atoms with Gasteiger partial charge < -0.3 is 28.4 Å². The summed E-state index contributed by atoms with van der Waals surface area (Å²) < 4.78 is 33.4. The van der Waals surface area contributed by atoms with Crippen LogP contribution >= 0.6 is 0 Å². The number of ether oxygens (including phenoxy) is 6. The highest BCUT2D eigenvalue weighted by Gasteiger charge is 2.18. The van der Waals surface area contributed by atoms with E-state index in [1.165, 1.54) is 0 Å². The summed E-state index contributed by atoms with van der Waals surface area (Å²) in [5.74, 6) is 0. The number of hydrogen-bond acceptors (Lipinski definition) is 7. The minimum Gasteiger partial charge on any atom is -0.432 e. The van der Waals surface area contributed by atoms with Crippen LogP contribution in [0.5, 0.6) is 0 Å². The summed E-state index contributed by atoms with van der Waals surface area (Å²) >= 11 is 0. The molecule has 0 amide bonds. The lowest BCUT2D eigenvalue weighted by Gasteiger charge is -2.22. The van der Waals surface area contributed by atoms with Crippen molar-refractivity contribution < 1.29 is 33.2 Å². The first-order valence-corrected chi connectivity index (χ1v) is 12.6. The number of rotatable bonds is 22. The summed E-state index contributed by atoms with van der Waals surface area (Å²) in [6.07, 6.45) is 9.17. The van der Waals surface area contributed by atoms with Crippen LogP contribution in [0.2, 0.25) is 0 Å². The van der Waals surface area contributed by atoms with Gasteiger partial charge in [0.05, 0.1) is 37.6 Å². The third kappa shape index (κ3) is 16.7. The van der Waals surface area contributed by atoms with Crippen molar-refractivity contribution in [2.24, 2.45) is 0 Å². The fourth-order valence-electron chi connectivity index (χ4n) is 3.23. The van der Waals surface area contributed by atoms with Crippen molar-refractivity contribution >= 4 is 6.16 Å². The zero-order chi connectivity index (χ0) is 24.0. The van der Waals surface area contributed by atoms with Crippen LogP contribution in [0.1, 0.15) is 91.9 Å². The molecule has 0 aromatic rings. The van der Waals surface area contributed by atoms with Crippen molar-refractivity contribution in [2.45, 2.75) is 116 Å². The molecule has 0 aromatic heterocycles. The molecule has 0 fully saturated rings. The Bertz CT molecular complexity index is 375. The molecule has 4 atom stereocenters. The molecule has 0 radical (unpaired) electrons. The van der Waals surface area contributed by atoms with E-state index in [0.717, 1.165) is 64.2 Å². The van der Waals surface area contributed by atoms with Gasteiger partial charge in [-0.15, -0.1) is 0 Å². The van der Waals surface area contributed by atoms with Gasteiger partial charge in [-0.1, -0.05) is 66.2 Å². The van der Waals surface area contributed by atoms with Crippen molar-refractivity contribution in [3.05, 3.63) is 0 Å². The van der Waals surface area contributed by atoms with Gasteiger partial charge in [-0.3, -0.25) is 0 Å². The minimum absolute atomic E-state index is 0.0516. The lowest BCUT2D eigenvalue weighted by Crippen LogP contribution is -2.30. The molecule has 0 spiro atoms. The topological polar surface area (TPSA) is 72.5 Å². The highest BCUT2D eigenvalue weighted by Crippen LogP contribution is 2.12. The minimum atomic E-state index is -0.671. The highest BCUT2D eigenvalue weighted by molar-refractivity contribution is 5.59. The van der Waals surface area contributed by atoms with E-state index in [0.29, 0.717) is 13.2 Å². The van der Waals surface area contributed by atoms with E-state index in [9.17, 15) is 4.79 Å². The smallest absolute Gasteiger partial charge is 0.432 e. The lowest BCUT2D eigenvalue weighted by molar-refractivity contribution is -0.0730. The van der Waals surface area contributed by atoms with E-state index in [2.05, 4.69) is 27.7 Å². The highest BCUT2D eigenvalue weighted by atomic mass is 16.7. The Morgan fingerprint density at radius 1 is 0.594 bits per heavy atom. The van der Waals surface area contributed by atoms with E-state index in [-0.39, 0.29) is 37.6 Å². The van der Waals surface area contributed by atoms with E-state index in [4.69, 9.17) is 28.4 Å². The van der Waals surface area contributed by atoms with E-state index in [1.54, 1.807) is 14.2 Å². The van der Waals surface area contributed by atoms with Crippen molar-refractivity contribution in [3.8, 4) is 0 Å². The fourth-order valence-corrected chi connectivity index (χ4v) is 3.23. The van der Waals surface area contributed by atoms with E-state index < -0.39 is 6.16 Å². The van der Waals surface area contributed by atoms with Crippen molar-refractivity contribution in [1.29, 1.82) is 0 Å². The first-order valence-electron chi connectivity index (χ1n) is 12.6. The molecule has 192 valence electrons. The molecule has 0 N–H and O–H groups in total. The summed E-state index contributed by atoms with van der Waals surface area (Å²) in [5, 5.41) is 0. The Labute approximate surface area is 196 Å². The zero-order valence-corrected chi connectivity index (χ0v) is 21.6. The Morgan fingerprint density at radius 2 is 1.00 bits per heavy atom. The van der Waals surface area contributed by atoms with Gasteiger partial charge in [0.2, 0.25) is 0 Å². The second-order valence-electron chi connectivity index (χ2n) is 8.31. The van der Waals surface area contributed by atoms with Crippen LogP contribution in [0.15, 0.2) is 0 Å². The Kier molecular flexibility index (Phi) is 21.3. The molecule has 0 bridgehead atoms. The van der Waals surface area contributed by atoms with Crippen LogP contribution in [0, 0.1) is 0 Å². The van der Waals surface area contributed by atoms with Gasteiger partial charge in [0.15, 0.2) is 0 Å². The average molecular weight is 463 g/mol. The van der Waals surface area contributed by atoms with Crippen LogP contribution in [-0.2, 0) is 28.4 Å². The Morgan fingerprint density at radius 3 is 1.31 bits per heavy atom. The molecule has 7 heteroatoms. The predicted molar refractivity (Wildman–Crippen MR) is 127 cm³/mol. The second kappa shape index (κ2) is 21.9. The van der Waals surface area contributed by atoms with Gasteiger partial charge in [-0.05, 0) is 25.7 Å². The van der Waals surface area contributed by atoms with E-state index >= 15 is 0 Å². The summed E-state index contributed by atoms with van der Waals surface area (Å²) in [6, 6.07) is 0. The number of carbonyl (C=O) groups is 1. The zero-order valence-electron chi connectivity index (χ0n) is 21.6. The number of hydrogen-bond donors (Lipinski definition) is 0. The molecule has 0 aromatic carbocycles. The predicted octanol–water partition coefficient (Wildman–Crippen LogP) is 5.92. The second-order valence-corrected chi connectivity index (χ2v) is 8.31. The SMILES string of the molecule is CCCCCC(COC(=O)OCC(CCCCC)OCC(CC)OC)OCC(CC)OC. The Hall–Kier alpha value is -0.890. The van der Waals surface area contributed by atoms with Gasteiger partial charge >= 0.3 is 6.16 Å². The standard InChI is InChI=1S/C25H50O7/c1-7-11-13-15-23(29-17-21(9-3)27-5)19-31-25(26)32-20-24(16-14-12-8-2)30-18-22(10-4)28-6/h21-24H,7-20H2,1-6H3. The van der Waals surface area contributed by atoms with Gasteiger partial charge in [0.1, 0.15) is 13.2 Å². The first-order chi connectivity index (χ1) is 15.5. The molecule has 0 saturated carbocycles. The maximum Gasteiger partial charge on any atom is 0.508 e. The maximum absolute atomic E-state index is 12.2. The van der Waals surface area contributed by atoms with Gasteiger partial charge in [0, 0.05) is 14.2 Å². The molecular weight excluding hydrogens is 412 g/mol. The number of carbonyl (C=O) groups excluding carboxylic acids is 1. The fraction of sp³-hybridized carbons (Fsp3) is 0.960. The van der Waals surface area contributed by atoms with Crippen molar-refractivity contribution in [3.63, 3.8) is 0 Å². The molecule has 7 nitrogen and oxygen atoms in total. The molecule has 4 unspecified atom stereocenters. The van der Waals surface area contributed by atoms with E-state index in [1.807, 2.05) is 0 Å². The molecule has 0 aliphatic heterocycles. The van der Waals surface area contributed by atoms with Gasteiger partial charge in [0.25, 0.3) is 0 Å². The van der Waals surface area contributed by atoms with Crippen LogP contribution in [0.25, 0.3) is 0 Å². The van der Waals surface area contributed by atoms with Gasteiger partial charge in [-0.2, -0.15) is 0 Å². The largest absolute Gasteiger partial charge is 0.508 e. The molecule has 0 rings (SSSR count). The first kappa shape index (κ1) is 31.1. The molecule has 32 heavy (non-hydrogen) atoms. The Balaban J connectivity index is 4.52. The maximum atomic E-state index is 12.2. The number of unbranched alkanes of at least 4 members (excludes halogenated alkanes) is 4. The lowest BCUT2D eigenvalue weighted by atomic mass is 10.1. The number of methoxy groups -OCH3 is 2. The third-order valence-electron chi connectivity index (χ3n) is 5.65. The van der Waals surface area contributed by atoms with Crippen LogP contribution in [0.4, 0.5) is 4.79 Å². The van der Waals surface area contributed by atoms with Crippen molar-refractivity contribution in [1.82, 2.24) is 0 Å². The summed E-state index contributed by atoms with van der Waals surface area (Å²) in [5.41, 5.74) is 0.